The number of hydrogen-bond acceptors (Lipinski definition) is 1. The lowest BCUT2D eigenvalue weighted by Crippen LogP contribution is -2.33. The van der Waals surface area contributed by atoms with Crippen LogP contribution in [0, 0.1) is 11.8 Å². The van der Waals surface area contributed by atoms with Crippen LogP contribution in [0.5, 0.6) is 0 Å². The molecule has 2 fully saturated rings. The first-order valence-electron chi connectivity index (χ1n) is 5.51. The summed E-state index contributed by atoms with van der Waals surface area (Å²) in [7, 11) is 0. The lowest BCUT2D eigenvalue weighted by Gasteiger charge is -2.16. The van der Waals surface area contributed by atoms with Crippen LogP contribution >= 0.6 is 0 Å². The van der Waals surface area contributed by atoms with Gasteiger partial charge in [-0.2, -0.15) is 0 Å². The van der Waals surface area contributed by atoms with Gasteiger partial charge in [0, 0.05) is 12.1 Å². The van der Waals surface area contributed by atoms with Crippen molar-refractivity contribution in [3.8, 4) is 0 Å². The van der Waals surface area contributed by atoms with Crippen LogP contribution in [0.3, 0.4) is 0 Å². The van der Waals surface area contributed by atoms with Gasteiger partial charge in [0.1, 0.15) is 0 Å². The lowest BCUT2D eigenvalue weighted by molar-refractivity contribution is 0.442. The molecule has 2 atom stereocenters. The van der Waals surface area contributed by atoms with Crippen molar-refractivity contribution in [2.24, 2.45) is 11.8 Å². The summed E-state index contributed by atoms with van der Waals surface area (Å²) in [4.78, 5) is 0. The van der Waals surface area contributed by atoms with Crippen LogP contribution in [0.2, 0.25) is 0 Å². The molecule has 1 heteroatoms. The first-order valence-corrected chi connectivity index (χ1v) is 5.51. The predicted molar refractivity (Wildman–Crippen MR) is 52.1 cm³/mol. The molecule has 0 aromatic heterocycles. The second-order valence-electron chi connectivity index (χ2n) is 4.94. The monoisotopic (exact) mass is 167 g/mol. The molecular formula is C11H21N. The summed E-state index contributed by atoms with van der Waals surface area (Å²) in [5.74, 6) is 2.17. The van der Waals surface area contributed by atoms with Crippen LogP contribution in [0.4, 0.5) is 0 Å². The molecule has 0 spiro atoms. The van der Waals surface area contributed by atoms with Gasteiger partial charge in [0.25, 0.3) is 0 Å². The normalized spacial score (nSPS) is 40.8. The lowest BCUT2D eigenvalue weighted by atomic mass is 10.0. The van der Waals surface area contributed by atoms with Crippen molar-refractivity contribution in [2.75, 3.05) is 0 Å². The highest BCUT2D eigenvalue weighted by Gasteiger charge is 2.36. The molecule has 1 nitrogen and oxygen atoms in total. The second kappa shape index (κ2) is 3.37. The van der Waals surface area contributed by atoms with Crippen molar-refractivity contribution in [1.82, 2.24) is 5.32 Å². The average Bonchev–Trinajstić information content (AvgIpc) is 2.43. The topological polar surface area (TPSA) is 12.0 Å². The van der Waals surface area contributed by atoms with Gasteiger partial charge in [-0.1, -0.05) is 33.1 Å². The Balaban J connectivity index is 1.82. The van der Waals surface area contributed by atoms with E-state index in [9.17, 15) is 0 Å². The Morgan fingerprint density at radius 3 is 2.17 bits per heavy atom. The molecule has 0 aliphatic heterocycles. The molecule has 2 rings (SSSR count). The van der Waals surface area contributed by atoms with Crippen LogP contribution < -0.4 is 5.32 Å². The van der Waals surface area contributed by atoms with E-state index in [0.29, 0.717) is 6.04 Å². The van der Waals surface area contributed by atoms with E-state index in [1.54, 1.807) is 0 Å². The smallest absolute Gasteiger partial charge is 0.00749 e. The van der Waals surface area contributed by atoms with Crippen LogP contribution in [0.25, 0.3) is 0 Å². The molecule has 1 N–H and O–H groups in total. The largest absolute Gasteiger partial charge is 0.312 e. The molecule has 2 saturated carbocycles. The summed E-state index contributed by atoms with van der Waals surface area (Å²) in [5.41, 5.74) is 0. The average molecular weight is 167 g/mol. The summed E-state index contributed by atoms with van der Waals surface area (Å²) in [6, 6.07) is 1.52. The quantitative estimate of drug-likeness (QED) is 0.666. The molecule has 0 radical (unpaired) electrons. The summed E-state index contributed by atoms with van der Waals surface area (Å²) in [6.45, 7) is 4.52. The third kappa shape index (κ3) is 1.66. The van der Waals surface area contributed by atoms with Gasteiger partial charge in [-0.05, 0) is 24.7 Å². The van der Waals surface area contributed by atoms with Crippen LogP contribution in [0.15, 0.2) is 0 Å². The van der Waals surface area contributed by atoms with E-state index in [2.05, 4.69) is 19.2 Å². The Labute approximate surface area is 75.9 Å². The van der Waals surface area contributed by atoms with E-state index in [0.717, 1.165) is 17.9 Å². The van der Waals surface area contributed by atoms with Gasteiger partial charge in [0.05, 0.1) is 0 Å². The van der Waals surface area contributed by atoms with Crippen LogP contribution in [0.1, 0.15) is 46.0 Å². The highest BCUT2D eigenvalue weighted by Crippen LogP contribution is 2.43. The molecule has 0 aromatic carbocycles. The number of nitrogens with one attached hydrogen (secondary N) is 1. The standard InChI is InChI=1S/C11H21N/c1-8(2)12-11-6-9-4-3-5-10(9)7-11/h8-12H,3-7H2,1-2H3. The molecule has 2 aliphatic rings. The van der Waals surface area contributed by atoms with Crippen LogP contribution in [-0.4, -0.2) is 12.1 Å². The van der Waals surface area contributed by atoms with Gasteiger partial charge in [-0.3, -0.25) is 0 Å². The third-order valence-electron chi connectivity index (χ3n) is 3.56. The maximum atomic E-state index is 3.67. The molecule has 0 bridgehead atoms. The van der Waals surface area contributed by atoms with Gasteiger partial charge in [0.2, 0.25) is 0 Å². The van der Waals surface area contributed by atoms with E-state index in [4.69, 9.17) is 0 Å². The van der Waals surface area contributed by atoms with Crippen molar-refractivity contribution in [3.05, 3.63) is 0 Å². The first-order chi connectivity index (χ1) is 5.75. The molecule has 0 aromatic rings. The predicted octanol–water partition coefficient (Wildman–Crippen LogP) is 2.56. The van der Waals surface area contributed by atoms with Gasteiger partial charge in [0.15, 0.2) is 0 Å². The van der Waals surface area contributed by atoms with Gasteiger partial charge in [-0.25, -0.2) is 0 Å². The van der Waals surface area contributed by atoms with Crippen molar-refractivity contribution >= 4 is 0 Å². The molecule has 0 saturated heterocycles. The van der Waals surface area contributed by atoms with Gasteiger partial charge >= 0.3 is 0 Å². The minimum atomic E-state index is 0.675. The Kier molecular flexibility index (Phi) is 2.40. The van der Waals surface area contributed by atoms with E-state index in [1.807, 2.05) is 0 Å². The zero-order valence-corrected chi connectivity index (χ0v) is 8.34. The number of rotatable bonds is 2. The van der Waals surface area contributed by atoms with Gasteiger partial charge in [-0.15, -0.1) is 0 Å². The third-order valence-corrected chi connectivity index (χ3v) is 3.56. The molecular weight excluding hydrogens is 146 g/mol. The fourth-order valence-corrected chi connectivity index (χ4v) is 3.17. The zero-order chi connectivity index (χ0) is 8.55. The van der Waals surface area contributed by atoms with Crippen molar-refractivity contribution in [1.29, 1.82) is 0 Å². The molecule has 2 unspecified atom stereocenters. The van der Waals surface area contributed by atoms with E-state index in [1.165, 1.54) is 32.1 Å². The molecule has 70 valence electrons. The SMILES string of the molecule is CC(C)NC1CC2CCCC2C1. The molecule has 2 aliphatic carbocycles. The maximum Gasteiger partial charge on any atom is 0.00749 e. The number of hydrogen-bond donors (Lipinski definition) is 1. The highest BCUT2D eigenvalue weighted by atomic mass is 14.9. The number of fused-ring (bicyclic) bond motifs is 1. The highest BCUT2D eigenvalue weighted by molar-refractivity contribution is 4.91. The molecule has 12 heavy (non-hydrogen) atoms. The Morgan fingerprint density at radius 1 is 1.08 bits per heavy atom. The minimum absolute atomic E-state index is 0.675. The van der Waals surface area contributed by atoms with Crippen molar-refractivity contribution in [2.45, 2.75) is 58.0 Å². The van der Waals surface area contributed by atoms with Crippen LogP contribution in [-0.2, 0) is 0 Å². The first kappa shape index (κ1) is 8.55. The zero-order valence-electron chi connectivity index (χ0n) is 8.34. The van der Waals surface area contributed by atoms with E-state index in [-0.39, 0.29) is 0 Å². The van der Waals surface area contributed by atoms with Crippen molar-refractivity contribution in [3.63, 3.8) is 0 Å². The van der Waals surface area contributed by atoms with E-state index < -0.39 is 0 Å². The maximum absolute atomic E-state index is 3.67. The fourth-order valence-electron chi connectivity index (χ4n) is 3.17. The van der Waals surface area contributed by atoms with Gasteiger partial charge < -0.3 is 5.32 Å². The summed E-state index contributed by atoms with van der Waals surface area (Å²) >= 11 is 0. The second-order valence-corrected chi connectivity index (χ2v) is 4.94. The Bertz CT molecular complexity index is 141. The van der Waals surface area contributed by atoms with E-state index >= 15 is 0 Å². The van der Waals surface area contributed by atoms with Crippen molar-refractivity contribution < 1.29 is 0 Å². The summed E-state index contributed by atoms with van der Waals surface area (Å²) in [5, 5.41) is 3.67. The summed E-state index contributed by atoms with van der Waals surface area (Å²) < 4.78 is 0. The minimum Gasteiger partial charge on any atom is -0.312 e. The Hall–Kier alpha value is -0.0400. The molecule has 0 heterocycles. The fraction of sp³-hybridized carbons (Fsp3) is 1.00. The summed E-state index contributed by atoms with van der Waals surface area (Å²) in [6.07, 6.45) is 7.46. The molecule has 0 amide bonds. The Morgan fingerprint density at radius 2 is 1.67 bits per heavy atom.